The first-order valence-electron chi connectivity index (χ1n) is 6.75. The summed E-state index contributed by atoms with van der Waals surface area (Å²) in [6.07, 6.45) is 0. The number of aliphatic hydroxyl groups is 1. The summed E-state index contributed by atoms with van der Waals surface area (Å²) in [5.74, 6) is 0. The number of hydrogen-bond acceptors (Lipinski definition) is 2. The summed E-state index contributed by atoms with van der Waals surface area (Å²) in [5.41, 5.74) is 3.82. The van der Waals surface area contributed by atoms with Gasteiger partial charge in [0.05, 0.1) is 18.8 Å². The van der Waals surface area contributed by atoms with E-state index in [1.54, 1.807) is 4.68 Å². The Balaban J connectivity index is 2.38. The van der Waals surface area contributed by atoms with Crippen LogP contribution >= 0.6 is 11.6 Å². The number of nitrogens with zero attached hydrogens (tertiary/aromatic N) is 2. The number of hydrogen-bond donors (Lipinski definition) is 1. The molecule has 0 atom stereocenters. The number of benzene rings is 1. The van der Waals surface area contributed by atoms with Gasteiger partial charge in [-0.1, -0.05) is 62.2 Å². The van der Waals surface area contributed by atoms with E-state index in [1.807, 2.05) is 0 Å². The van der Waals surface area contributed by atoms with Crippen LogP contribution in [0.1, 0.15) is 43.2 Å². The summed E-state index contributed by atoms with van der Waals surface area (Å²) in [5, 5.41) is 14.7. The zero-order valence-electron chi connectivity index (χ0n) is 12.4. The molecule has 108 valence electrons. The fraction of sp³-hybridized carbons (Fsp3) is 0.438. The third kappa shape index (κ3) is 3.05. The third-order valence-electron chi connectivity index (χ3n) is 3.30. The largest absolute Gasteiger partial charge is 0.391 e. The van der Waals surface area contributed by atoms with Crippen molar-refractivity contribution < 1.29 is 5.11 Å². The van der Waals surface area contributed by atoms with E-state index in [2.05, 4.69) is 57.1 Å². The van der Waals surface area contributed by atoms with Gasteiger partial charge in [0, 0.05) is 11.0 Å². The third-order valence-corrected chi connectivity index (χ3v) is 3.73. The molecule has 0 saturated heterocycles. The molecule has 4 heteroatoms. The molecule has 0 aliphatic heterocycles. The van der Waals surface area contributed by atoms with Crippen molar-refractivity contribution in [1.82, 2.24) is 9.78 Å². The Bertz CT molecular complexity index is 594. The molecule has 0 aliphatic carbocycles. The van der Waals surface area contributed by atoms with Gasteiger partial charge < -0.3 is 5.11 Å². The quantitative estimate of drug-likeness (QED) is 0.937. The van der Waals surface area contributed by atoms with Crippen LogP contribution in [-0.4, -0.2) is 14.9 Å². The Morgan fingerprint density at radius 3 is 2.25 bits per heavy atom. The molecule has 0 unspecified atom stereocenters. The van der Waals surface area contributed by atoms with E-state index in [4.69, 9.17) is 11.6 Å². The van der Waals surface area contributed by atoms with Gasteiger partial charge in [-0.3, -0.25) is 0 Å². The summed E-state index contributed by atoms with van der Waals surface area (Å²) in [7, 11) is 0. The maximum absolute atomic E-state index is 9.54. The van der Waals surface area contributed by atoms with Gasteiger partial charge in [0.1, 0.15) is 5.15 Å². The minimum atomic E-state index is -0.139. The van der Waals surface area contributed by atoms with Crippen molar-refractivity contribution in [2.45, 2.75) is 46.3 Å². The molecular weight excluding hydrogens is 272 g/mol. The van der Waals surface area contributed by atoms with Crippen LogP contribution in [0.4, 0.5) is 0 Å². The van der Waals surface area contributed by atoms with E-state index in [9.17, 15) is 5.11 Å². The summed E-state index contributed by atoms with van der Waals surface area (Å²) < 4.78 is 1.76. The van der Waals surface area contributed by atoms with Crippen LogP contribution < -0.4 is 0 Å². The molecule has 0 aliphatic rings. The van der Waals surface area contributed by atoms with E-state index in [0.29, 0.717) is 11.7 Å². The lowest BCUT2D eigenvalue weighted by Gasteiger charge is -2.16. The van der Waals surface area contributed by atoms with Crippen molar-refractivity contribution in [1.29, 1.82) is 0 Å². The lowest BCUT2D eigenvalue weighted by molar-refractivity contribution is 0.278. The average molecular weight is 293 g/mol. The fourth-order valence-electron chi connectivity index (χ4n) is 2.19. The second-order valence-electron chi connectivity index (χ2n) is 6.17. The standard InChI is InChI=1S/C16H21ClN2O/c1-11-5-7-12(8-6-11)9-19-15(17)13(10-20)14(18-19)16(2,3)4/h5-8,20H,9-10H2,1-4H3. The molecule has 3 nitrogen and oxygen atoms in total. The Kier molecular flexibility index (Phi) is 4.21. The molecule has 1 N–H and O–H groups in total. The molecular formula is C16H21ClN2O. The van der Waals surface area contributed by atoms with Gasteiger partial charge in [-0.2, -0.15) is 5.10 Å². The highest BCUT2D eigenvalue weighted by molar-refractivity contribution is 6.30. The topological polar surface area (TPSA) is 38.0 Å². The number of halogens is 1. The molecule has 0 saturated carbocycles. The summed E-state index contributed by atoms with van der Waals surface area (Å²) >= 11 is 6.36. The van der Waals surface area contributed by atoms with E-state index in [0.717, 1.165) is 16.8 Å². The van der Waals surface area contributed by atoms with E-state index < -0.39 is 0 Å². The van der Waals surface area contributed by atoms with E-state index in [-0.39, 0.29) is 12.0 Å². The lowest BCUT2D eigenvalue weighted by Crippen LogP contribution is -2.15. The molecule has 20 heavy (non-hydrogen) atoms. The second kappa shape index (κ2) is 5.58. The highest BCUT2D eigenvalue weighted by atomic mass is 35.5. The van der Waals surface area contributed by atoms with Crippen LogP contribution in [0.3, 0.4) is 0 Å². The number of rotatable bonds is 3. The van der Waals surface area contributed by atoms with Gasteiger partial charge in [0.2, 0.25) is 0 Å². The Hall–Kier alpha value is -1.32. The molecule has 2 rings (SSSR count). The van der Waals surface area contributed by atoms with Crippen molar-refractivity contribution in [3.63, 3.8) is 0 Å². The molecule has 0 amide bonds. The molecule has 1 aromatic carbocycles. The zero-order chi connectivity index (χ0) is 14.9. The highest BCUT2D eigenvalue weighted by Gasteiger charge is 2.25. The Morgan fingerprint density at radius 1 is 1.20 bits per heavy atom. The fourth-order valence-corrected chi connectivity index (χ4v) is 2.44. The first kappa shape index (κ1) is 15.1. The van der Waals surface area contributed by atoms with Crippen molar-refractivity contribution >= 4 is 11.6 Å². The molecule has 0 bridgehead atoms. The van der Waals surface area contributed by atoms with Gasteiger partial charge in [-0.25, -0.2) is 4.68 Å². The van der Waals surface area contributed by atoms with E-state index >= 15 is 0 Å². The van der Waals surface area contributed by atoms with E-state index in [1.165, 1.54) is 5.56 Å². The maximum atomic E-state index is 9.54. The van der Waals surface area contributed by atoms with Gasteiger partial charge in [0.25, 0.3) is 0 Å². The normalized spacial score (nSPS) is 11.9. The number of aliphatic hydroxyl groups excluding tert-OH is 1. The van der Waals surface area contributed by atoms with Crippen molar-refractivity contribution in [2.75, 3.05) is 0 Å². The Labute approximate surface area is 125 Å². The van der Waals surface area contributed by atoms with Crippen LogP contribution in [0.2, 0.25) is 5.15 Å². The van der Waals surface area contributed by atoms with Crippen molar-refractivity contribution in [3.8, 4) is 0 Å². The highest BCUT2D eigenvalue weighted by Crippen LogP contribution is 2.30. The van der Waals surface area contributed by atoms with Gasteiger partial charge >= 0.3 is 0 Å². The molecule has 1 heterocycles. The van der Waals surface area contributed by atoms with Crippen LogP contribution in [0, 0.1) is 6.92 Å². The average Bonchev–Trinajstić information content (AvgIpc) is 2.69. The van der Waals surface area contributed by atoms with Gasteiger partial charge in [-0.15, -0.1) is 0 Å². The number of aryl methyl sites for hydroxylation is 1. The SMILES string of the molecule is Cc1ccc(Cn2nc(C(C)(C)C)c(CO)c2Cl)cc1. The lowest BCUT2D eigenvalue weighted by atomic mass is 9.90. The molecule has 1 aromatic heterocycles. The van der Waals surface area contributed by atoms with Gasteiger partial charge in [0.15, 0.2) is 0 Å². The van der Waals surface area contributed by atoms with Gasteiger partial charge in [-0.05, 0) is 12.5 Å². The zero-order valence-corrected chi connectivity index (χ0v) is 13.2. The minimum Gasteiger partial charge on any atom is -0.391 e. The Morgan fingerprint density at radius 2 is 1.80 bits per heavy atom. The smallest absolute Gasteiger partial charge is 0.133 e. The van der Waals surface area contributed by atoms with Crippen molar-refractivity contribution in [3.05, 3.63) is 51.8 Å². The molecule has 0 spiro atoms. The van der Waals surface area contributed by atoms with Crippen LogP contribution in [0.25, 0.3) is 0 Å². The predicted octanol–water partition coefficient (Wildman–Crippen LogP) is 3.68. The molecule has 0 fully saturated rings. The second-order valence-corrected chi connectivity index (χ2v) is 6.53. The molecule has 0 radical (unpaired) electrons. The number of aromatic nitrogens is 2. The minimum absolute atomic E-state index is 0.0840. The maximum Gasteiger partial charge on any atom is 0.133 e. The molecule has 2 aromatic rings. The monoisotopic (exact) mass is 292 g/mol. The summed E-state index contributed by atoms with van der Waals surface area (Å²) in [6.45, 7) is 8.80. The predicted molar refractivity (Wildman–Crippen MR) is 82.1 cm³/mol. The van der Waals surface area contributed by atoms with Crippen LogP contribution in [-0.2, 0) is 18.6 Å². The summed E-state index contributed by atoms with van der Waals surface area (Å²) in [6, 6.07) is 8.29. The first-order valence-corrected chi connectivity index (χ1v) is 7.13. The van der Waals surface area contributed by atoms with Crippen LogP contribution in [0.5, 0.6) is 0 Å². The van der Waals surface area contributed by atoms with Crippen LogP contribution in [0.15, 0.2) is 24.3 Å². The van der Waals surface area contributed by atoms with Crippen molar-refractivity contribution in [2.24, 2.45) is 0 Å². The summed E-state index contributed by atoms with van der Waals surface area (Å²) in [4.78, 5) is 0. The first-order chi connectivity index (χ1) is 9.32.